The molecular weight excluding hydrogens is 415 g/mol. The normalized spacial score (nSPS) is 13.2. The van der Waals surface area contributed by atoms with Crippen LogP contribution >= 0.6 is 0 Å². The molecule has 4 rings (SSSR count). The Bertz CT molecular complexity index is 1190. The van der Waals surface area contributed by atoms with Crippen LogP contribution < -0.4 is 10.8 Å². The van der Waals surface area contributed by atoms with Crippen molar-refractivity contribution in [3.8, 4) is 0 Å². The summed E-state index contributed by atoms with van der Waals surface area (Å²) in [5.74, 6) is -1.35. The molecule has 1 aromatic heterocycles. The van der Waals surface area contributed by atoms with Gasteiger partial charge in [-0.1, -0.05) is 17.7 Å². The van der Waals surface area contributed by atoms with Gasteiger partial charge in [-0.2, -0.15) is 0 Å². The zero-order valence-corrected chi connectivity index (χ0v) is 18.2. The van der Waals surface area contributed by atoms with Crippen molar-refractivity contribution in [1.82, 2.24) is 15.0 Å². The molecule has 3 aromatic rings. The largest absolute Gasteiger partial charge is 0.468 e. The minimum atomic E-state index is -0.696. The number of anilines is 2. The Morgan fingerprint density at radius 1 is 1.25 bits per heavy atom. The molecule has 1 aliphatic carbocycles. The number of nitrogens with zero attached hydrogens (tertiary/aromatic N) is 2. The van der Waals surface area contributed by atoms with E-state index in [1.165, 1.54) is 24.1 Å². The van der Waals surface area contributed by atoms with Gasteiger partial charge < -0.3 is 14.6 Å². The lowest BCUT2D eigenvalue weighted by Gasteiger charge is -2.16. The number of aromatic nitrogens is 2. The van der Waals surface area contributed by atoms with Gasteiger partial charge in [-0.3, -0.25) is 14.4 Å². The van der Waals surface area contributed by atoms with Crippen molar-refractivity contribution in [2.75, 3.05) is 19.0 Å². The van der Waals surface area contributed by atoms with Gasteiger partial charge in [-0.25, -0.2) is 14.9 Å². The van der Waals surface area contributed by atoms with Crippen molar-refractivity contribution in [1.29, 1.82) is 0 Å². The SMILES string of the molecule is COC(=O)Cn1cnc2c(F)c(Nc3ccc(C)cc3C)c(C(=O)NOCC3CC3)cc21. The predicted molar refractivity (Wildman–Crippen MR) is 117 cm³/mol. The number of fused-ring (bicyclic) bond motifs is 1. The van der Waals surface area contributed by atoms with Crippen molar-refractivity contribution in [2.45, 2.75) is 33.2 Å². The summed E-state index contributed by atoms with van der Waals surface area (Å²) >= 11 is 0. The third-order valence-corrected chi connectivity index (χ3v) is 5.45. The third kappa shape index (κ3) is 4.57. The van der Waals surface area contributed by atoms with Crippen LogP contribution in [0, 0.1) is 25.6 Å². The predicted octanol–water partition coefficient (Wildman–Crippen LogP) is 3.78. The molecule has 0 saturated heterocycles. The highest BCUT2D eigenvalue weighted by atomic mass is 19.1. The minimum absolute atomic E-state index is 0.0136. The molecule has 9 heteroatoms. The van der Waals surface area contributed by atoms with Gasteiger partial charge in [0.2, 0.25) is 0 Å². The van der Waals surface area contributed by atoms with E-state index in [1.54, 1.807) is 0 Å². The van der Waals surface area contributed by atoms with E-state index in [4.69, 9.17) is 9.57 Å². The third-order valence-electron chi connectivity index (χ3n) is 5.45. The molecule has 0 bridgehead atoms. The first-order valence-corrected chi connectivity index (χ1v) is 10.4. The number of benzene rings is 2. The average molecular weight is 440 g/mol. The second kappa shape index (κ2) is 8.96. The van der Waals surface area contributed by atoms with Gasteiger partial charge >= 0.3 is 5.97 Å². The molecule has 2 N–H and O–H groups in total. The lowest BCUT2D eigenvalue weighted by atomic mass is 10.1. The number of imidazole rings is 1. The Labute approximate surface area is 184 Å². The second-order valence-corrected chi connectivity index (χ2v) is 8.06. The second-order valence-electron chi connectivity index (χ2n) is 8.06. The maximum atomic E-state index is 15.6. The number of aryl methyl sites for hydroxylation is 2. The van der Waals surface area contributed by atoms with E-state index < -0.39 is 17.7 Å². The molecule has 32 heavy (non-hydrogen) atoms. The number of ether oxygens (including phenoxy) is 1. The van der Waals surface area contributed by atoms with Crippen LogP contribution in [0.2, 0.25) is 0 Å². The number of hydroxylamine groups is 1. The first kappa shape index (κ1) is 21.8. The Balaban J connectivity index is 1.75. The van der Waals surface area contributed by atoms with Crippen LogP contribution in [0.15, 0.2) is 30.6 Å². The van der Waals surface area contributed by atoms with Gasteiger partial charge in [0.05, 0.1) is 36.8 Å². The van der Waals surface area contributed by atoms with E-state index in [0.717, 1.165) is 24.0 Å². The van der Waals surface area contributed by atoms with Crippen LogP contribution in [0.4, 0.5) is 15.8 Å². The van der Waals surface area contributed by atoms with Crippen molar-refractivity contribution in [3.63, 3.8) is 0 Å². The summed E-state index contributed by atoms with van der Waals surface area (Å²) in [5.41, 5.74) is 5.40. The standard InChI is InChI=1S/C23H25FN4O4/c1-13-4-7-17(14(2)8-13)26-21-16(23(30)27-32-11-15-5-6-15)9-18-22(20(21)24)25-12-28(18)10-19(29)31-3/h4,7-9,12,15,26H,5-6,10-11H2,1-3H3,(H,27,30). The topological polar surface area (TPSA) is 94.5 Å². The van der Waals surface area contributed by atoms with Crippen LogP contribution in [-0.2, 0) is 20.9 Å². The molecule has 0 aliphatic heterocycles. The van der Waals surface area contributed by atoms with Crippen LogP contribution in [0.1, 0.15) is 34.3 Å². The summed E-state index contributed by atoms with van der Waals surface area (Å²) in [5, 5.41) is 3.05. The summed E-state index contributed by atoms with van der Waals surface area (Å²) in [6, 6.07) is 7.18. The van der Waals surface area contributed by atoms with Crippen molar-refractivity contribution >= 4 is 34.3 Å². The molecule has 1 amide bonds. The van der Waals surface area contributed by atoms with E-state index in [2.05, 4.69) is 15.8 Å². The van der Waals surface area contributed by atoms with Gasteiger partial charge in [0.15, 0.2) is 5.82 Å². The van der Waals surface area contributed by atoms with Gasteiger partial charge in [0.25, 0.3) is 5.91 Å². The fourth-order valence-electron chi connectivity index (χ4n) is 3.44. The first-order chi connectivity index (χ1) is 15.4. The number of rotatable bonds is 8. The molecule has 168 valence electrons. The van der Waals surface area contributed by atoms with Crippen molar-refractivity contribution < 1.29 is 23.6 Å². The number of hydrogen-bond acceptors (Lipinski definition) is 6. The maximum Gasteiger partial charge on any atom is 0.325 e. The smallest absolute Gasteiger partial charge is 0.325 e. The number of esters is 1. The van der Waals surface area contributed by atoms with Crippen LogP contribution in [0.25, 0.3) is 11.0 Å². The zero-order valence-electron chi connectivity index (χ0n) is 18.2. The van der Waals surface area contributed by atoms with Crippen molar-refractivity contribution in [2.24, 2.45) is 5.92 Å². The van der Waals surface area contributed by atoms with Gasteiger partial charge in [-0.05, 0) is 50.3 Å². The molecular formula is C23H25FN4O4. The van der Waals surface area contributed by atoms with Crippen LogP contribution in [0.3, 0.4) is 0 Å². The summed E-state index contributed by atoms with van der Waals surface area (Å²) in [7, 11) is 1.27. The molecule has 0 radical (unpaired) electrons. The number of hydrogen-bond donors (Lipinski definition) is 2. The average Bonchev–Trinajstić information content (AvgIpc) is 3.50. The van der Waals surface area contributed by atoms with E-state index >= 15 is 4.39 Å². The van der Waals surface area contributed by atoms with E-state index in [1.807, 2.05) is 32.0 Å². The van der Waals surface area contributed by atoms with Gasteiger partial charge in [-0.15, -0.1) is 0 Å². The zero-order chi connectivity index (χ0) is 22.8. The Hall–Kier alpha value is -3.46. The number of carbonyl (C=O) groups excluding carboxylic acids is 2. The van der Waals surface area contributed by atoms with Gasteiger partial charge in [0.1, 0.15) is 12.1 Å². The Kier molecular flexibility index (Phi) is 6.09. The summed E-state index contributed by atoms with van der Waals surface area (Å²) in [6.45, 7) is 4.12. The number of amides is 1. The van der Waals surface area contributed by atoms with Crippen LogP contribution in [-0.4, -0.2) is 35.1 Å². The molecule has 2 aromatic carbocycles. The molecule has 1 heterocycles. The lowest BCUT2D eigenvalue weighted by molar-refractivity contribution is -0.141. The molecule has 0 unspecified atom stereocenters. The highest BCUT2D eigenvalue weighted by molar-refractivity contribution is 6.04. The lowest BCUT2D eigenvalue weighted by Crippen LogP contribution is -2.26. The summed E-state index contributed by atoms with van der Waals surface area (Å²) in [4.78, 5) is 34.1. The summed E-state index contributed by atoms with van der Waals surface area (Å²) in [6.07, 6.45) is 3.49. The fourth-order valence-corrected chi connectivity index (χ4v) is 3.44. The molecule has 1 fully saturated rings. The molecule has 8 nitrogen and oxygen atoms in total. The maximum absolute atomic E-state index is 15.6. The van der Waals surface area contributed by atoms with Crippen molar-refractivity contribution in [3.05, 3.63) is 53.1 Å². The highest BCUT2D eigenvalue weighted by Crippen LogP contribution is 2.32. The number of halogens is 1. The first-order valence-electron chi connectivity index (χ1n) is 10.4. The monoisotopic (exact) mass is 440 g/mol. The molecule has 1 saturated carbocycles. The van der Waals surface area contributed by atoms with Crippen LogP contribution in [0.5, 0.6) is 0 Å². The summed E-state index contributed by atoms with van der Waals surface area (Å²) < 4.78 is 21.7. The number of methoxy groups -OCH3 is 1. The Morgan fingerprint density at radius 3 is 2.72 bits per heavy atom. The number of nitrogens with one attached hydrogen (secondary N) is 2. The molecule has 0 atom stereocenters. The number of carbonyl (C=O) groups is 2. The molecule has 1 aliphatic rings. The van der Waals surface area contributed by atoms with E-state index in [0.29, 0.717) is 23.7 Å². The van der Waals surface area contributed by atoms with Gasteiger partial charge in [0, 0.05) is 5.69 Å². The fraction of sp³-hybridized carbons (Fsp3) is 0.348. The van der Waals surface area contributed by atoms with E-state index in [-0.39, 0.29) is 23.3 Å². The quantitative estimate of drug-likeness (QED) is 0.409. The highest BCUT2D eigenvalue weighted by Gasteiger charge is 2.25. The minimum Gasteiger partial charge on any atom is -0.468 e. The molecule has 0 spiro atoms. The van der Waals surface area contributed by atoms with E-state index in [9.17, 15) is 9.59 Å². The Morgan fingerprint density at radius 2 is 2.03 bits per heavy atom.